The number of amides is 1. The van der Waals surface area contributed by atoms with Crippen molar-refractivity contribution in [3.63, 3.8) is 0 Å². The Morgan fingerprint density at radius 1 is 0.886 bits per heavy atom. The predicted molar refractivity (Wildman–Crippen MR) is 134 cm³/mol. The first kappa shape index (κ1) is 24.2. The molecule has 1 heterocycles. The van der Waals surface area contributed by atoms with Gasteiger partial charge in [-0.05, 0) is 75.2 Å². The molecule has 0 aromatic heterocycles. The maximum atomic E-state index is 12.7. The maximum absolute atomic E-state index is 12.7. The molecule has 35 heavy (non-hydrogen) atoms. The molecule has 6 heteroatoms. The Bertz CT molecular complexity index is 1250. The van der Waals surface area contributed by atoms with Gasteiger partial charge in [0.1, 0.15) is 11.5 Å². The second-order valence-corrected chi connectivity index (χ2v) is 9.06. The summed E-state index contributed by atoms with van der Waals surface area (Å²) in [4.78, 5) is 39.5. The molecule has 1 aliphatic heterocycles. The van der Waals surface area contributed by atoms with E-state index in [4.69, 9.17) is 9.47 Å². The molecular formula is C29H29NO5. The van der Waals surface area contributed by atoms with Crippen LogP contribution in [0.5, 0.6) is 11.5 Å². The van der Waals surface area contributed by atoms with Gasteiger partial charge in [-0.2, -0.15) is 0 Å². The van der Waals surface area contributed by atoms with Gasteiger partial charge < -0.3 is 14.4 Å². The molecule has 0 saturated carbocycles. The molecule has 0 bridgehead atoms. The summed E-state index contributed by atoms with van der Waals surface area (Å²) in [5, 5.41) is 0. The molecule has 0 unspecified atom stereocenters. The minimum Gasteiger partial charge on any atom is -0.457 e. The summed E-state index contributed by atoms with van der Waals surface area (Å²) < 4.78 is 11.3. The highest BCUT2D eigenvalue weighted by atomic mass is 16.5. The van der Waals surface area contributed by atoms with Gasteiger partial charge in [-0.3, -0.25) is 14.4 Å². The molecule has 1 saturated heterocycles. The molecule has 1 fully saturated rings. The van der Waals surface area contributed by atoms with Crippen LogP contribution in [0.1, 0.15) is 40.4 Å². The van der Waals surface area contributed by atoms with Crippen LogP contribution in [0.3, 0.4) is 0 Å². The van der Waals surface area contributed by atoms with E-state index in [1.807, 2.05) is 51.1 Å². The SMILES string of the molecule is Cc1ccc(C(=O)[C@@H](C)OC(=O)[C@H]2CC(=O)N(c3ccc(Oc4ccc(C)c(C)c4)cc3)C2)cc1. The zero-order chi connectivity index (χ0) is 25.1. The largest absolute Gasteiger partial charge is 0.457 e. The summed E-state index contributed by atoms with van der Waals surface area (Å²) >= 11 is 0. The number of ether oxygens (including phenoxy) is 2. The van der Waals surface area contributed by atoms with Gasteiger partial charge in [0.15, 0.2) is 6.10 Å². The second kappa shape index (κ2) is 10.1. The number of hydrogen-bond donors (Lipinski definition) is 0. The molecule has 1 aliphatic rings. The minimum atomic E-state index is -0.920. The van der Waals surface area contributed by atoms with Crippen molar-refractivity contribution in [2.24, 2.45) is 5.92 Å². The zero-order valence-corrected chi connectivity index (χ0v) is 20.4. The Morgan fingerprint density at radius 3 is 2.20 bits per heavy atom. The molecule has 4 rings (SSSR count). The van der Waals surface area contributed by atoms with Crippen LogP contribution < -0.4 is 9.64 Å². The van der Waals surface area contributed by atoms with Crippen LogP contribution in [-0.2, 0) is 14.3 Å². The van der Waals surface area contributed by atoms with Gasteiger partial charge in [0.05, 0.1) is 5.92 Å². The minimum absolute atomic E-state index is 0.0468. The fourth-order valence-electron chi connectivity index (χ4n) is 4.00. The number of rotatable bonds is 7. The van der Waals surface area contributed by atoms with E-state index in [0.29, 0.717) is 17.0 Å². The van der Waals surface area contributed by atoms with Crippen LogP contribution in [-0.4, -0.2) is 30.3 Å². The highest BCUT2D eigenvalue weighted by Gasteiger charge is 2.37. The molecular weight excluding hydrogens is 442 g/mol. The van der Waals surface area contributed by atoms with Gasteiger partial charge in [-0.1, -0.05) is 35.9 Å². The third-order valence-electron chi connectivity index (χ3n) is 6.32. The third-order valence-corrected chi connectivity index (χ3v) is 6.32. The van der Waals surface area contributed by atoms with Crippen molar-refractivity contribution < 1.29 is 23.9 Å². The van der Waals surface area contributed by atoms with Crippen molar-refractivity contribution >= 4 is 23.3 Å². The fourth-order valence-corrected chi connectivity index (χ4v) is 4.00. The summed E-state index contributed by atoms with van der Waals surface area (Å²) in [5.41, 5.74) is 4.56. The second-order valence-electron chi connectivity index (χ2n) is 9.06. The van der Waals surface area contributed by atoms with E-state index in [0.717, 1.165) is 16.9 Å². The Morgan fingerprint density at radius 2 is 1.54 bits per heavy atom. The monoisotopic (exact) mass is 471 g/mol. The fraction of sp³-hybridized carbons (Fsp3) is 0.276. The summed E-state index contributed by atoms with van der Waals surface area (Å²) in [6, 6.07) is 20.2. The number of esters is 1. The Balaban J connectivity index is 1.36. The molecule has 3 aromatic rings. The summed E-state index contributed by atoms with van der Waals surface area (Å²) in [7, 11) is 0. The van der Waals surface area contributed by atoms with E-state index >= 15 is 0 Å². The summed E-state index contributed by atoms with van der Waals surface area (Å²) in [6.45, 7) is 7.78. The van der Waals surface area contributed by atoms with E-state index in [1.54, 1.807) is 48.2 Å². The standard InChI is InChI=1S/C29H29NO5/c1-18-5-8-22(9-6-18)28(32)21(4)34-29(33)23-16-27(31)30(17-23)24-10-13-25(14-11-24)35-26-12-7-19(2)20(3)15-26/h5-15,21,23H,16-17H2,1-4H3/t21-,23+/m1/s1. The first-order chi connectivity index (χ1) is 16.7. The van der Waals surface area contributed by atoms with Gasteiger partial charge in [0.2, 0.25) is 11.7 Å². The number of aryl methyl sites for hydroxylation is 3. The predicted octanol–water partition coefficient (Wildman–Crippen LogP) is 5.57. The first-order valence-corrected chi connectivity index (χ1v) is 11.7. The normalized spacial score (nSPS) is 16.2. The van der Waals surface area contributed by atoms with Crippen molar-refractivity contribution in [3.05, 3.63) is 89.0 Å². The van der Waals surface area contributed by atoms with Gasteiger partial charge in [-0.15, -0.1) is 0 Å². The third kappa shape index (κ3) is 5.60. The molecule has 3 aromatic carbocycles. The molecule has 1 amide bonds. The van der Waals surface area contributed by atoms with Crippen molar-refractivity contribution in [3.8, 4) is 11.5 Å². The Hall–Kier alpha value is -3.93. The van der Waals surface area contributed by atoms with Crippen LogP contribution in [0.15, 0.2) is 66.7 Å². The molecule has 2 atom stereocenters. The molecule has 0 N–H and O–H groups in total. The lowest BCUT2D eigenvalue weighted by Gasteiger charge is -2.18. The van der Waals surface area contributed by atoms with Crippen LogP contribution in [0.25, 0.3) is 0 Å². The number of anilines is 1. The molecule has 0 radical (unpaired) electrons. The number of benzene rings is 3. The van der Waals surface area contributed by atoms with Crippen LogP contribution in [0.4, 0.5) is 5.69 Å². The van der Waals surface area contributed by atoms with Crippen molar-refractivity contribution in [1.82, 2.24) is 0 Å². The number of Topliss-reactive ketones (excluding diaryl/α,β-unsaturated/α-hetero) is 1. The Labute approximate surface area is 205 Å². The number of ketones is 1. The van der Waals surface area contributed by atoms with E-state index < -0.39 is 18.0 Å². The maximum Gasteiger partial charge on any atom is 0.312 e. The Kier molecular flexibility index (Phi) is 7.01. The van der Waals surface area contributed by atoms with Crippen molar-refractivity contribution in [2.75, 3.05) is 11.4 Å². The van der Waals surface area contributed by atoms with Crippen LogP contribution in [0.2, 0.25) is 0 Å². The van der Waals surface area contributed by atoms with Crippen molar-refractivity contribution in [2.45, 2.75) is 40.2 Å². The number of carbonyl (C=O) groups is 3. The average Bonchev–Trinajstić information content (AvgIpc) is 3.23. The average molecular weight is 472 g/mol. The highest BCUT2D eigenvalue weighted by Crippen LogP contribution is 2.30. The smallest absolute Gasteiger partial charge is 0.312 e. The lowest BCUT2D eigenvalue weighted by molar-refractivity contribution is -0.151. The lowest BCUT2D eigenvalue weighted by Crippen LogP contribution is -2.30. The van der Waals surface area contributed by atoms with Gasteiger partial charge in [0, 0.05) is 24.2 Å². The quantitative estimate of drug-likeness (QED) is 0.333. The highest BCUT2D eigenvalue weighted by molar-refractivity contribution is 6.02. The van der Waals surface area contributed by atoms with Gasteiger partial charge in [-0.25, -0.2) is 0 Å². The number of carbonyl (C=O) groups excluding carboxylic acids is 3. The zero-order valence-electron chi connectivity index (χ0n) is 20.4. The van der Waals surface area contributed by atoms with Crippen molar-refractivity contribution in [1.29, 1.82) is 0 Å². The molecule has 6 nitrogen and oxygen atoms in total. The van der Waals surface area contributed by atoms with Gasteiger partial charge in [0.25, 0.3) is 0 Å². The van der Waals surface area contributed by atoms with Crippen LogP contribution in [0, 0.1) is 26.7 Å². The van der Waals surface area contributed by atoms with E-state index in [-0.39, 0.29) is 24.7 Å². The number of hydrogen-bond acceptors (Lipinski definition) is 5. The molecule has 0 aliphatic carbocycles. The lowest BCUT2D eigenvalue weighted by atomic mass is 10.1. The van der Waals surface area contributed by atoms with E-state index in [1.165, 1.54) is 5.56 Å². The van der Waals surface area contributed by atoms with Gasteiger partial charge >= 0.3 is 5.97 Å². The topological polar surface area (TPSA) is 72.9 Å². The molecule has 0 spiro atoms. The number of nitrogens with zero attached hydrogens (tertiary/aromatic N) is 1. The van der Waals surface area contributed by atoms with E-state index in [9.17, 15) is 14.4 Å². The first-order valence-electron chi connectivity index (χ1n) is 11.7. The summed E-state index contributed by atoms with van der Waals surface area (Å²) in [6.07, 6.45) is -0.873. The van der Waals surface area contributed by atoms with Crippen LogP contribution >= 0.6 is 0 Å². The van der Waals surface area contributed by atoms with E-state index in [2.05, 4.69) is 0 Å². The molecule has 180 valence electrons. The summed E-state index contributed by atoms with van der Waals surface area (Å²) in [5.74, 6) is -0.185.